The van der Waals surface area contributed by atoms with Crippen molar-refractivity contribution in [1.82, 2.24) is 5.32 Å². The number of aliphatic hydroxyl groups excluding tert-OH is 1. The number of hydrogen-bond donors (Lipinski definition) is 3. The van der Waals surface area contributed by atoms with Crippen LogP contribution in [-0.4, -0.2) is 34.7 Å². The number of amides is 1. The first kappa shape index (κ1) is 10.6. The summed E-state index contributed by atoms with van der Waals surface area (Å²) in [5, 5.41) is 19.1. The lowest BCUT2D eigenvalue weighted by Gasteiger charge is -2.02. The van der Waals surface area contributed by atoms with Crippen LogP contribution in [0.4, 0.5) is 0 Å². The second-order valence-corrected chi connectivity index (χ2v) is 2.27. The molecule has 68 valence electrons. The van der Waals surface area contributed by atoms with Crippen LogP contribution in [0.2, 0.25) is 0 Å². The Morgan fingerprint density at radius 2 is 2.08 bits per heavy atom. The number of nitrogens with one attached hydrogen (secondary N) is 1. The topological polar surface area (TPSA) is 86.6 Å². The zero-order chi connectivity index (χ0) is 9.56. The van der Waals surface area contributed by atoms with E-state index in [0.717, 1.165) is 12.2 Å². The molecule has 0 fully saturated rings. The van der Waals surface area contributed by atoms with E-state index in [1.54, 1.807) is 0 Å². The molecule has 5 heteroatoms. The molecule has 0 aromatic carbocycles. The number of carboxylic acid groups (broad SMARTS) is 1. The lowest BCUT2D eigenvalue weighted by molar-refractivity contribution is -0.131. The predicted octanol–water partition coefficient (Wildman–Crippen LogP) is -0.876. The van der Waals surface area contributed by atoms with Crippen molar-refractivity contribution in [2.24, 2.45) is 0 Å². The van der Waals surface area contributed by atoms with Gasteiger partial charge in [-0.2, -0.15) is 0 Å². The summed E-state index contributed by atoms with van der Waals surface area (Å²) in [4.78, 5) is 20.6. The first-order chi connectivity index (χ1) is 5.52. The average Bonchev–Trinajstić information content (AvgIpc) is 1.96. The van der Waals surface area contributed by atoms with Gasteiger partial charge >= 0.3 is 5.97 Å². The van der Waals surface area contributed by atoms with E-state index < -0.39 is 18.0 Å². The summed E-state index contributed by atoms with van der Waals surface area (Å²) in [6.07, 6.45) is 0.995. The summed E-state index contributed by atoms with van der Waals surface area (Å²) >= 11 is 0. The van der Waals surface area contributed by atoms with E-state index in [0.29, 0.717) is 0 Å². The summed E-state index contributed by atoms with van der Waals surface area (Å²) in [5.41, 5.74) is 0. The Hall–Kier alpha value is -1.36. The van der Waals surface area contributed by atoms with Crippen LogP contribution in [0.1, 0.15) is 6.92 Å². The van der Waals surface area contributed by atoms with Gasteiger partial charge in [0, 0.05) is 18.7 Å². The molecular formula is C7H11NO4. The van der Waals surface area contributed by atoms with Crippen LogP contribution in [0.25, 0.3) is 0 Å². The van der Waals surface area contributed by atoms with Crippen molar-refractivity contribution < 1.29 is 19.8 Å². The first-order valence-electron chi connectivity index (χ1n) is 3.39. The zero-order valence-electron chi connectivity index (χ0n) is 6.65. The third kappa shape index (κ3) is 6.76. The maximum absolute atomic E-state index is 10.7. The molecule has 0 aliphatic carbocycles. The molecule has 1 unspecified atom stereocenters. The smallest absolute Gasteiger partial charge is 0.328 e. The summed E-state index contributed by atoms with van der Waals surface area (Å²) in [6, 6.07) is 0. The molecule has 0 aromatic rings. The summed E-state index contributed by atoms with van der Waals surface area (Å²) < 4.78 is 0. The van der Waals surface area contributed by atoms with Gasteiger partial charge in [-0.15, -0.1) is 0 Å². The highest BCUT2D eigenvalue weighted by Gasteiger charge is 1.98. The molecule has 0 aromatic heterocycles. The normalized spacial score (nSPS) is 12.8. The third-order valence-corrected chi connectivity index (χ3v) is 0.949. The fourth-order valence-corrected chi connectivity index (χ4v) is 0.454. The molecule has 1 amide bonds. The van der Waals surface area contributed by atoms with Crippen molar-refractivity contribution in [2.45, 2.75) is 13.0 Å². The first-order valence-corrected chi connectivity index (χ1v) is 3.39. The van der Waals surface area contributed by atoms with Crippen LogP contribution in [0.15, 0.2) is 12.2 Å². The molecule has 0 heterocycles. The predicted molar refractivity (Wildman–Crippen MR) is 41.5 cm³/mol. The lowest BCUT2D eigenvalue weighted by atomic mass is 10.4. The summed E-state index contributed by atoms with van der Waals surface area (Å²) in [5.74, 6) is -1.71. The van der Waals surface area contributed by atoms with E-state index in [1.807, 2.05) is 0 Å². The van der Waals surface area contributed by atoms with Crippen LogP contribution in [0, 0.1) is 0 Å². The van der Waals surface area contributed by atoms with Gasteiger partial charge < -0.3 is 15.5 Å². The van der Waals surface area contributed by atoms with Gasteiger partial charge in [-0.1, -0.05) is 0 Å². The van der Waals surface area contributed by atoms with Gasteiger partial charge in [0.2, 0.25) is 5.91 Å². The van der Waals surface area contributed by atoms with E-state index in [1.165, 1.54) is 6.92 Å². The Morgan fingerprint density at radius 1 is 1.50 bits per heavy atom. The second-order valence-electron chi connectivity index (χ2n) is 2.27. The van der Waals surface area contributed by atoms with E-state index in [2.05, 4.69) is 5.32 Å². The van der Waals surface area contributed by atoms with Crippen LogP contribution in [-0.2, 0) is 9.59 Å². The van der Waals surface area contributed by atoms with Gasteiger partial charge in [0.15, 0.2) is 0 Å². The SMILES string of the molecule is CC(O)CNC(=O)/C=C\C(=O)O. The molecule has 0 spiro atoms. The van der Waals surface area contributed by atoms with Gasteiger partial charge in [0.1, 0.15) is 0 Å². The zero-order valence-corrected chi connectivity index (χ0v) is 6.65. The number of aliphatic carboxylic acids is 1. The molecule has 3 N–H and O–H groups in total. The Kier molecular flexibility index (Phi) is 4.71. The van der Waals surface area contributed by atoms with Crippen LogP contribution >= 0.6 is 0 Å². The minimum Gasteiger partial charge on any atom is -0.478 e. The van der Waals surface area contributed by atoms with Crippen molar-refractivity contribution in [2.75, 3.05) is 6.54 Å². The Bertz CT molecular complexity index is 198. The molecule has 1 atom stereocenters. The lowest BCUT2D eigenvalue weighted by Crippen LogP contribution is -2.29. The molecule has 0 bridgehead atoms. The van der Waals surface area contributed by atoms with E-state index in [4.69, 9.17) is 10.2 Å². The van der Waals surface area contributed by atoms with Gasteiger partial charge in [-0.25, -0.2) is 4.79 Å². The quantitative estimate of drug-likeness (QED) is 0.482. The molecule has 5 nitrogen and oxygen atoms in total. The maximum atomic E-state index is 10.7. The van der Waals surface area contributed by atoms with Gasteiger partial charge in [-0.3, -0.25) is 4.79 Å². The molecule has 0 aliphatic heterocycles. The summed E-state index contributed by atoms with van der Waals surface area (Å²) in [6.45, 7) is 1.63. The Balaban J connectivity index is 3.67. The van der Waals surface area contributed by atoms with Gasteiger partial charge in [0.25, 0.3) is 0 Å². The summed E-state index contributed by atoms with van der Waals surface area (Å²) in [7, 11) is 0. The maximum Gasteiger partial charge on any atom is 0.328 e. The average molecular weight is 173 g/mol. The second kappa shape index (κ2) is 5.31. The van der Waals surface area contributed by atoms with Crippen LogP contribution < -0.4 is 5.32 Å². The van der Waals surface area contributed by atoms with Gasteiger partial charge in [-0.05, 0) is 6.92 Å². The minimum absolute atomic E-state index is 0.114. The third-order valence-electron chi connectivity index (χ3n) is 0.949. The van der Waals surface area contributed by atoms with Crippen molar-refractivity contribution in [3.8, 4) is 0 Å². The number of aliphatic hydroxyl groups is 1. The molecule has 12 heavy (non-hydrogen) atoms. The molecule has 0 saturated carbocycles. The van der Waals surface area contributed by atoms with Crippen molar-refractivity contribution >= 4 is 11.9 Å². The molecule has 0 rings (SSSR count). The van der Waals surface area contributed by atoms with Crippen molar-refractivity contribution in [1.29, 1.82) is 0 Å². The van der Waals surface area contributed by atoms with E-state index >= 15 is 0 Å². The fraction of sp³-hybridized carbons (Fsp3) is 0.429. The standard InChI is InChI=1S/C7H11NO4/c1-5(9)4-8-6(10)2-3-7(11)12/h2-3,5,9H,4H2,1H3,(H,8,10)(H,11,12)/b3-2-. The molecule has 0 saturated heterocycles. The van der Waals surface area contributed by atoms with E-state index in [-0.39, 0.29) is 6.54 Å². The number of hydrogen-bond acceptors (Lipinski definition) is 3. The highest BCUT2D eigenvalue weighted by Crippen LogP contribution is 1.77. The minimum atomic E-state index is -1.18. The fourth-order valence-electron chi connectivity index (χ4n) is 0.454. The van der Waals surface area contributed by atoms with E-state index in [9.17, 15) is 9.59 Å². The van der Waals surface area contributed by atoms with Crippen LogP contribution in [0.5, 0.6) is 0 Å². The Morgan fingerprint density at radius 3 is 2.50 bits per heavy atom. The highest BCUT2D eigenvalue weighted by atomic mass is 16.4. The van der Waals surface area contributed by atoms with Crippen LogP contribution in [0.3, 0.4) is 0 Å². The molecule has 0 radical (unpaired) electrons. The van der Waals surface area contributed by atoms with Gasteiger partial charge in [0.05, 0.1) is 6.10 Å². The number of rotatable bonds is 4. The number of carbonyl (C=O) groups is 2. The van der Waals surface area contributed by atoms with Crippen molar-refractivity contribution in [3.05, 3.63) is 12.2 Å². The Labute approximate surface area is 69.7 Å². The van der Waals surface area contributed by atoms with Crippen molar-refractivity contribution in [3.63, 3.8) is 0 Å². The number of carbonyl (C=O) groups excluding carboxylic acids is 1. The number of carboxylic acids is 1. The molecular weight excluding hydrogens is 162 g/mol. The highest BCUT2D eigenvalue weighted by molar-refractivity contribution is 5.93. The monoisotopic (exact) mass is 173 g/mol. The largest absolute Gasteiger partial charge is 0.478 e. The molecule has 0 aliphatic rings.